The molecule has 0 atom stereocenters. The first-order valence-corrected chi connectivity index (χ1v) is 15.0. The Morgan fingerprint density at radius 1 is 0.522 bits per heavy atom. The summed E-state index contributed by atoms with van der Waals surface area (Å²) in [5.74, 6) is 0. The molecule has 0 radical (unpaired) electrons. The van der Waals surface area contributed by atoms with Gasteiger partial charge >= 0.3 is 6.18 Å². The Kier molecular flexibility index (Phi) is 6.10. The quantitative estimate of drug-likeness (QED) is 0.197. The molecule has 0 amide bonds. The van der Waals surface area contributed by atoms with E-state index in [-0.39, 0.29) is 11.4 Å². The van der Waals surface area contributed by atoms with Gasteiger partial charge in [-0.1, -0.05) is 72.8 Å². The minimum atomic E-state index is -4.72. The summed E-state index contributed by atoms with van der Waals surface area (Å²) < 4.78 is 51.0. The highest BCUT2D eigenvalue weighted by atomic mass is 19.4. The van der Waals surface area contributed by atoms with Crippen LogP contribution in [0, 0.1) is 25.2 Å². The van der Waals surface area contributed by atoms with Crippen LogP contribution in [0.5, 0.6) is 0 Å². The van der Waals surface area contributed by atoms with Crippen molar-refractivity contribution in [2.24, 2.45) is 0 Å². The zero-order valence-electron chi connectivity index (χ0n) is 25.0. The molecule has 8 aromatic rings. The van der Waals surface area contributed by atoms with Crippen LogP contribution in [0.2, 0.25) is 0 Å². The van der Waals surface area contributed by atoms with E-state index in [4.69, 9.17) is 0 Å². The third-order valence-electron chi connectivity index (χ3n) is 8.85. The monoisotopic (exact) mass is 605 g/mol. The summed E-state index contributed by atoms with van der Waals surface area (Å²) in [5.41, 5.74) is 5.62. The molecule has 0 spiro atoms. The SMILES string of the molecule is Cc1ccc2c3ccccc3n(-c3cc(-c4cccc(C#N)c4)cc(-n4c5ccccc5c5ccc(C)cc54)c3C(F)(F)F)c2c1. The molecule has 0 bridgehead atoms. The van der Waals surface area contributed by atoms with E-state index in [1.165, 1.54) is 0 Å². The molecule has 0 saturated heterocycles. The van der Waals surface area contributed by atoms with E-state index >= 15 is 13.2 Å². The van der Waals surface area contributed by atoms with Crippen molar-refractivity contribution in [3.8, 4) is 28.6 Å². The van der Waals surface area contributed by atoms with Gasteiger partial charge in [-0.25, -0.2) is 0 Å². The highest BCUT2D eigenvalue weighted by Crippen LogP contribution is 2.46. The van der Waals surface area contributed by atoms with Crippen LogP contribution in [0.1, 0.15) is 22.3 Å². The van der Waals surface area contributed by atoms with E-state index in [1.54, 1.807) is 39.5 Å². The Bertz CT molecular complexity index is 2420. The van der Waals surface area contributed by atoms with Crippen LogP contribution in [-0.4, -0.2) is 9.13 Å². The van der Waals surface area contributed by atoms with Gasteiger partial charge in [0.25, 0.3) is 0 Å². The summed E-state index contributed by atoms with van der Waals surface area (Å²) >= 11 is 0. The summed E-state index contributed by atoms with van der Waals surface area (Å²) in [6.45, 7) is 3.89. The van der Waals surface area contributed by atoms with Gasteiger partial charge in [-0.05, 0) is 84.6 Å². The summed E-state index contributed by atoms with van der Waals surface area (Å²) in [4.78, 5) is 0. The van der Waals surface area contributed by atoms with Crippen molar-refractivity contribution in [2.45, 2.75) is 20.0 Å². The highest BCUT2D eigenvalue weighted by Gasteiger charge is 2.39. The molecule has 6 heteroatoms. The molecule has 222 valence electrons. The van der Waals surface area contributed by atoms with Gasteiger partial charge in [-0.15, -0.1) is 0 Å². The van der Waals surface area contributed by atoms with Crippen LogP contribution in [-0.2, 0) is 6.18 Å². The molecule has 6 aromatic carbocycles. The first-order chi connectivity index (χ1) is 22.2. The minimum Gasteiger partial charge on any atom is -0.309 e. The van der Waals surface area contributed by atoms with Crippen LogP contribution >= 0.6 is 0 Å². The second-order valence-corrected chi connectivity index (χ2v) is 11.8. The standard InChI is InChI=1S/C40H26F3N3/c1-24-14-16-31-29-10-3-5-12-33(29)45(35(31)18-24)37-21-28(27-9-7-8-26(20-27)23-44)22-38(39(37)40(41,42)43)46-34-13-6-4-11-30(34)32-17-15-25(2)19-36(32)46/h3-22H,1-2H3. The fraction of sp³-hybridized carbons (Fsp3) is 0.0750. The van der Waals surface area contributed by atoms with Crippen molar-refractivity contribution in [1.29, 1.82) is 5.26 Å². The zero-order valence-corrected chi connectivity index (χ0v) is 25.0. The summed E-state index contributed by atoms with van der Waals surface area (Å²) in [7, 11) is 0. The zero-order chi connectivity index (χ0) is 31.7. The number of para-hydroxylation sites is 2. The fourth-order valence-corrected chi connectivity index (χ4v) is 6.87. The maximum atomic E-state index is 15.8. The highest BCUT2D eigenvalue weighted by molar-refractivity contribution is 6.11. The minimum absolute atomic E-state index is 0.0257. The fourth-order valence-electron chi connectivity index (χ4n) is 6.87. The van der Waals surface area contributed by atoms with E-state index in [9.17, 15) is 5.26 Å². The number of hydrogen-bond donors (Lipinski definition) is 0. The molecular formula is C40H26F3N3. The topological polar surface area (TPSA) is 33.6 Å². The smallest absolute Gasteiger partial charge is 0.309 e. The van der Waals surface area contributed by atoms with Crippen LogP contribution in [0.4, 0.5) is 13.2 Å². The number of alkyl halides is 3. The Morgan fingerprint density at radius 3 is 1.52 bits per heavy atom. The Labute approximate surface area is 263 Å². The van der Waals surface area contributed by atoms with Crippen LogP contribution < -0.4 is 0 Å². The molecule has 8 rings (SSSR count). The van der Waals surface area contributed by atoms with Crippen molar-refractivity contribution < 1.29 is 13.2 Å². The van der Waals surface area contributed by atoms with Gasteiger partial charge < -0.3 is 9.13 Å². The largest absolute Gasteiger partial charge is 0.420 e. The Balaban J connectivity index is 1.62. The first kappa shape index (κ1) is 27.7. The molecule has 0 saturated carbocycles. The molecule has 0 fully saturated rings. The summed E-state index contributed by atoms with van der Waals surface area (Å²) in [5, 5.41) is 13.2. The predicted molar refractivity (Wildman–Crippen MR) is 180 cm³/mol. The molecular weight excluding hydrogens is 579 g/mol. The average molecular weight is 606 g/mol. The third-order valence-corrected chi connectivity index (χ3v) is 8.85. The van der Waals surface area contributed by atoms with Gasteiger partial charge in [0.2, 0.25) is 0 Å². The molecule has 2 heterocycles. The number of aryl methyl sites for hydroxylation is 2. The maximum absolute atomic E-state index is 15.8. The molecule has 2 aromatic heterocycles. The lowest BCUT2D eigenvalue weighted by molar-refractivity contribution is -0.137. The van der Waals surface area contributed by atoms with E-state index in [2.05, 4.69) is 6.07 Å². The maximum Gasteiger partial charge on any atom is 0.420 e. The van der Waals surface area contributed by atoms with Gasteiger partial charge in [0.05, 0.1) is 45.1 Å². The van der Waals surface area contributed by atoms with E-state index in [1.807, 2.05) is 105 Å². The van der Waals surface area contributed by atoms with E-state index in [0.29, 0.717) is 38.8 Å². The number of benzene rings is 6. The number of fused-ring (bicyclic) bond motifs is 6. The van der Waals surface area contributed by atoms with Gasteiger partial charge in [-0.2, -0.15) is 18.4 Å². The van der Waals surface area contributed by atoms with Crippen molar-refractivity contribution in [3.05, 3.63) is 144 Å². The van der Waals surface area contributed by atoms with Crippen LogP contribution in [0.3, 0.4) is 0 Å². The van der Waals surface area contributed by atoms with Crippen molar-refractivity contribution in [1.82, 2.24) is 9.13 Å². The van der Waals surface area contributed by atoms with E-state index in [0.717, 1.165) is 32.7 Å². The number of hydrogen-bond acceptors (Lipinski definition) is 1. The molecule has 3 nitrogen and oxygen atoms in total. The molecule has 0 N–H and O–H groups in total. The second kappa shape index (κ2) is 10.1. The van der Waals surface area contributed by atoms with Crippen molar-refractivity contribution in [3.63, 3.8) is 0 Å². The molecule has 0 unspecified atom stereocenters. The van der Waals surface area contributed by atoms with Gasteiger partial charge in [0, 0.05) is 21.5 Å². The van der Waals surface area contributed by atoms with Gasteiger partial charge in [0.15, 0.2) is 0 Å². The van der Waals surface area contributed by atoms with Crippen molar-refractivity contribution in [2.75, 3.05) is 0 Å². The molecule has 0 aliphatic carbocycles. The molecule has 0 aliphatic heterocycles. The molecule has 0 aliphatic rings. The third kappa shape index (κ3) is 4.20. The first-order valence-electron chi connectivity index (χ1n) is 15.0. The number of nitrogens with zero attached hydrogens (tertiary/aromatic N) is 3. The number of aromatic nitrogens is 2. The number of rotatable bonds is 3. The van der Waals surface area contributed by atoms with Crippen molar-refractivity contribution >= 4 is 43.6 Å². The van der Waals surface area contributed by atoms with Crippen LogP contribution in [0.25, 0.3) is 66.1 Å². The van der Waals surface area contributed by atoms with Crippen LogP contribution in [0.15, 0.2) is 121 Å². The molecule has 46 heavy (non-hydrogen) atoms. The lowest BCUT2D eigenvalue weighted by atomic mass is 9.98. The van der Waals surface area contributed by atoms with E-state index < -0.39 is 11.7 Å². The Hall–Kier alpha value is -5.80. The normalized spacial score (nSPS) is 12.0. The average Bonchev–Trinajstić information content (AvgIpc) is 3.55. The summed E-state index contributed by atoms with van der Waals surface area (Å²) in [6, 6.07) is 39.4. The lowest BCUT2D eigenvalue weighted by Crippen LogP contribution is -2.16. The summed E-state index contributed by atoms with van der Waals surface area (Å²) in [6.07, 6.45) is -4.72. The van der Waals surface area contributed by atoms with Gasteiger partial charge in [0.1, 0.15) is 5.56 Å². The Morgan fingerprint density at radius 2 is 1.02 bits per heavy atom. The predicted octanol–water partition coefficient (Wildman–Crippen LogP) is 11.1. The number of halogens is 3. The second-order valence-electron chi connectivity index (χ2n) is 11.8. The van der Waals surface area contributed by atoms with Gasteiger partial charge in [-0.3, -0.25) is 0 Å². The number of nitriles is 1. The lowest BCUT2D eigenvalue weighted by Gasteiger charge is -2.23.